The summed E-state index contributed by atoms with van der Waals surface area (Å²) in [5, 5.41) is 3.34. The lowest BCUT2D eigenvalue weighted by molar-refractivity contribution is 0.0981. The van der Waals surface area contributed by atoms with Gasteiger partial charge in [-0.25, -0.2) is 4.98 Å². The Kier molecular flexibility index (Phi) is 3.65. The van der Waals surface area contributed by atoms with Gasteiger partial charge in [0.2, 0.25) is 0 Å². The second-order valence-electron chi connectivity index (χ2n) is 5.25. The minimum absolute atomic E-state index is 0.228. The van der Waals surface area contributed by atoms with Crippen LogP contribution in [0.15, 0.2) is 30.6 Å². The smallest absolute Gasteiger partial charge is 0.163 e. The number of carbonyl (C=O) groups excluding carboxylic acids is 1. The highest BCUT2D eigenvalue weighted by atomic mass is 16.1. The van der Waals surface area contributed by atoms with Crippen LogP contribution < -0.4 is 5.32 Å². The Morgan fingerprint density at radius 3 is 3.15 bits per heavy atom. The molecule has 1 aliphatic heterocycles. The number of Topliss-reactive ketones (excluding diaryl/α,β-unsaturated/α-hetero) is 1. The number of rotatable bonds is 4. The first-order valence-corrected chi connectivity index (χ1v) is 7.06. The molecule has 0 amide bonds. The van der Waals surface area contributed by atoms with Gasteiger partial charge in [0.1, 0.15) is 5.82 Å². The summed E-state index contributed by atoms with van der Waals surface area (Å²) in [6.45, 7) is 1.83. The third kappa shape index (κ3) is 2.51. The number of aryl methyl sites for hydroxylation is 2. The molecule has 104 valence electrons. The number of fused-ring (bicyclic) bond motifs is 1. The molecule has 0 atom stereocenters. The number of benzene rings is 1. The predicted molar refractivity (Wildman–Crippen MR) is 77.7 cm³/mol. The summed E-state index contributed by atoms with van der Waals surface area (Å²) >= 11 is 0. The highest BCUT2D eigenvalue weighted by Gasteiger charge is 2.17. The molecule has 0 aliphatic carbocycles. The SMILES string of the molecule is Cn1ccnc1CCC(=O)c1cccc2c1CCNC2. The molecule has 4 heteroatoms. The molecule has 1 aromatic carbocycles. The number of aromatic nitrogens is 2. The van der Waals surface area contributed by atoms with E-state index in [9.17, 15) is 4.79 Å². The molecular formula is C16H19N3O. The van der Waals surface area contributed by atoms with Gasteiger partial charge in [0.05, 0.1) is 0 Å². The third-order valence-corrected chi connectivity index (χ3v) is 3.94. The third-order valence-electron chi connectivity index (χ3n) is 3.94. The summed E-state index contributed by atoms with van der Waals surface area (Å²) < 4.78 is 1.97. The lowest BCUT2D eigenvalue weighted by Crippen LogP contribution is -2.25. The number of imidazole rings is 1. The van der Waals surface area contributed by atoms with Gasteiger partial charge in [0.25, 0.3) is 0 Å². The van der Waals surface area contributed by atoms with Gasteiger partial charge in [-0.15, -0.1) is 0 Å². The van der Waals surface area contributed by atoms with Crippen molar-refractivity contribution < 1.29 is 4.79 Å². The topological polar surface area (TPSA) is 46.9 Å². The van der Waals surface area contributed by atoms with Crippen molar-refractivity contribution in [3.05, 3.63) is 53.1 Å². The first kappa shape index (κ1) is 13.1. The van der Waals surface area contributed by atoms with Crippen molar-refractivity contribution in [2.24, 2.45) is 7.05 Å². The van der Waals surface area contributed by atoms with Crippen LogP contribution in [0.5, 0.6) is 0 Å². The molecule has 3 rings (SSSR count). The fourth-order valence-corrected chi connectivity index (χ4v) is 2.79. The van der Waals surface area contributed by atoms with Crippen molar-refractivity contribution in [3.8, 4) is 0 Å². The van der Waals surface area contributed by atoms with E-state index in [4.69, 9.17) is 0 Å². The molecule has 2 aromatic rings. The average Bonchev–Trinajstić information content (AvgIpc) is 2.89. The van der Waals surface area contributed by atoms with Crippen LogP contribution in [0, 0.1) is 0 Å². The maximum absolute atomic E-state index is 12.5. The predicted octanol–water partition coefficient (Wildman–Crippen LogP) is 1.88. The molecule has 4 nitrogen and oxygen atoms in total. The lowest BCUT2D eigenvalue weighted by Gasteiger charge is -2.19. The molecule has 0 unspecified atom stereocenters. The van der Waals surface area contributed by atoms with Gasteiger partial charge in [-0.1, -0.05) is 18.2 Å². The summed E-state index contributed by atoms with van der Waals surface area (Å²) in [7, 11) is 1.96. The van der Waals surface area contributed by atoms with E-state index in [1.807, 2.05) is 29.9 Å². The van der Waals surface area contributed by atoms with E-state index in [2.05, 4.69) is 16.4 Å². The Balaban J connectivity index is 1.76. The second kappa shape index (κ2) is 5.59. The number of nitrogens with one attached hydrogen (secondary N) is 1. The minimum Gasteiger partial charge on any atom is -0.338 e. The highest BCUT2D eigenvalue weighted by Crippen LogP contribution is 2.20. The second-order valence-corrected chi connectivity index (χ2v) is 5.25. The van der Waals surface area contributed by atoms with E-state index in [0.717, 1.165) is 30.9 Å². The van der Waals surface area contributed by atoms with Crippen molar-refractivity contribution in [1.29, 1.82) is 0 Å². The summed E-state index contributed by atoms with van der Waals surface area (Å²) in [6.07, 6.45) is 5.85. The van der Waals surface area contributed by atoms with Crippen LogP contribution in [-0.2, 0) is 26.4 Å². The number of nitrogens with zero attached hydrogens (tertiary/aromatic N) is 2. The molecule has 0 radical (unpaired) electrons. The Hall–Kier alpha value is -1.94. The van der Waals surface area contributed by atoms with E-state index >= 15 is 0 Å². The number of carbonyl (C=O) groups is 1. The first-order valence-electron chi connectivity index (χ1n) is 7.06. The summed E-state index contributed by atoms with van der Waals surface area (Å²) in [5.41, 5.74) is 3.40. The van der Waals surface area contributed by atoms with Gasteiger partial charge in [-0.3, -0.25) is 4.79 Å². The molecule has 1 N–H and O–H groups in total. The van der Waals surface area contributed by atoms with Crippen molar-refractivity contribution in [2.45, 2.75) is 25.8 Å². The van der Waals surface area contributed by atoms with Crippen LogP contribution in [0.2, 0.25) is 0 Å². The van der Waals surface area contributed by atoms with Crippen LogP contribution in [-0.4, -0.2) is 21.9 Å². The molecule has 20 heavy (non-hydrogen) atoms. The van der Waals surface area contributed by atoms with Gasteiger partial charge < -0.3 is 9.88 Å². The Morgan fingerprint density at radius 2 is 2.35 bits per heavy atom. The zero-order valence-corrected chi connectivity index (χ0v) is 11.7. The highest BCUT2D eigenvalue weighted by molar-refractivity contribution is 5.98. The van der Waals surface area contributed by atoms with Crippen molar-refractivity contribution in [3.63, 3.8) is 0 Å². The molecule has 2 heterocycles. The Labute approximate surface area is 118 Å². The summed E-state index contributed by atoms with van der Waals surface area (Å²) in [6, 6.07) is 6.06. The van der Waals surface area contributed by atoms with E-state index in [1.54, 1.807) is 6.20 Å². The van der Waals surface area contributed by atoms with E-state index in [1.165, 1.54) is 11.1 Å². The fourth-order valence-electron chi connectivity index (χ4n) is 2.79. The summed E-state index contributed by atoms with van der Waals surface area (Å²) in [4.78, 5) is 16.7. The molecule has 1 aliphatic rings. The van der Waals surface area contributed by atoms with Gasteiger partial charge in [0.15, 0.2) is 5.78 Å². The molecule has 0 fully saturated rings. The number of hydrogen-bond donors (Lipinski definition) is 1. The van der Waals surface area contributed by atoms with Crippen LogP contribution >= 0.6 is 0 Å². The molecule has 0 bridgehead atoms. The van der Waals surface area contributed by atoms with Crippen molar-refractivity contribution in [1.82, 2.24) is 14.9 Å². The van der Waals surface area contributed by atoms with Crippen LogP contribution in [0.1, 0.15) is 33.7 Å². The Morgan fingerprint density at radius 1 is 1.45 bits per heavy atom. The van der Waals surface area contributed by atoms with Gasteiger partial charge >= 0.3 is 0 Å². The van der Waals surface area contributed by atoms with Crippen molar-refractivity contribution in [2.75, 3.05) is 6.54 Å². The van der Waals surface area contributed by atoms with E-state index in [0.29, 0.717) is 12.8 Å². The number of ketones is 1. The number of hydrogen-bond acceptors (Lipinski definition) is 3. The van der Waals surface area contributed by atoms with Gasteiger partial charge in [0, 0.05) is 44.4 Å². The average molecular weight is 269 g/mol. The molecule has 0 saturated heterocycles. The summed E-state index contributed by atoms with van der Waals surface area (Å²) in [5.74, 6) is 1.19. The molecular weight excluding hydrogens is 250 g/mol. The van der Waals surface area contributed by atoms with Crippen molar-refractivity contribution >= 4 is 5.78 Å². The quantitative estimate of drug-likeness (QED) is 0.862. The van der Waals surface area contributed by atoms with E-state index < -0.39 is 0 Å². The maximum atomic E-state index is 12.5. The van der Waals surface area contributed by atoms with E-state index in [-0.39, 0.29) is 5.78 Å². The Bertz CT molecular complexity index is 630. The van der Waals surface area contributed by atoms with Gasteiger partial charge in [-0.05, 0) is 24.1 Å². The zero-order valence-electron chi connectivity index (χ0n) is 11.7. The monoisotopic (exact) mass is 269 g/mol. The van der Waals surface area contributed by atoms with Crippen LogP contribution in [0.3, 0.4) is 0 Å². The molecule has 0 spiro atoms. The normalized spacial score (nSPS) is 14.1. The standard InChI is InChI=1S/C16H19N3O/c1-19-10-9-18-16(19)6-5-15(20)14-4-2-3-12-11-17-8-7-13(12)14/h2-4,9-10,17H,5-8,11H2,1H3. The van der Waals surface area contributed by atoms with Crippen LogP contribution in [0.4, 0.5) is 0 Å². The minimum atomic E-state index is 0.228. The largest absolute Gasteiger partial charge is 0.338 e. The molecule has 0 saturated carbocycles. The van der Waals surface area contributed by atoms with Gasteiger partial charge in [-0.2, -0.15) is 0 Å². The fraction of sp³-hybridized carbons (Fsp3) is 0.375. The molecule has 1 aromatic heterocycles. The van der Waals surface area contributed by atoms with Crippen LogP contribution in [0.25, 0.3) is 0 Å². The zero-order chi connectivity index (χ0) is 13.9. The maximum Gasteiger partial charge on any atom is 0.163 e. The first-order chi connectivity index (χ1) is 9.75. The lowest BCUT2D eigenvalue weighted by atomic mass is 9.92.